The summed E-state index contributed by atoms with van der Waals surface area (Å²) in [4.78, 5) is 10.2. The first kappa shape index (κ1) is 11.9. The molecule has 17 heavy (non-hydrogen) atoms. The molecule has 1 aromatic rings. The fraction of sp³-hybridized carbons (Fsp3) is 0.400. The maximum absolute atomic E-state index is 10.2. The first-order valence-corrected chi connectivity index (χ1v) is 6.25. The van der Waals surface area contributed by atoms with E-state index < -0.39 is 5.97 Å². The largest absolute Gasteiger partial charge is 0.478 e. The molecule has 0 spiro atoms. The van der Waals surface area contributed by atoms with Gasteiger partial charge in [0, 0.05) is 6.08 Å². The van der Waals surface area contributed by atoms with Crippen molar-refractivity contribution in [2.24, 2.45) is 0 Å². The standard InChI is InChI=1S/C8H12O2.C7H6/c9-8(10)6-7-4-2-1-3-5-7;1-2-4-7-5-6(7)3-1/h6H,1-5H2,(H,9,10);1-4H,5H2. The monoisotopic (exact) mass is 230 g/mol. The van der Waals surface area contributed by atoms with Crippen LogP contribution in [0.4, 0.5) is 0 Å². The minimum atomic E-state index is -0.795. The molecular formula is C15H18O2. The van der Waals surface area contributed by atoms with Gasteiger partial charge in [0.05, 0.1) is 0 Å². The lowest BCUT2D eigenvalue weighted by molar-refractivity contribution is -0.131. The third kappa shape index (κ3) is 4.06. The van der Waals surface area contributed by atoms with Gasteiger partial charge in [-0.05, 0) is 43.2 Å². The highest BCUT2D eigenvalue weighted by atomic mass is 16.4. The summed E-state index contributed by atoms with van der Waals surface area (Å²) in [5, 5.41) is 8.39. The third-order valence-electron chi connectivity index (χ3n) is 3.20. The number of allylic oxidation sites excluding steroid dienone is 1. The molecule has 0 bridgehead atoms. The SMILES string of the molecule is O=C(O)C=C1CCCCC1.c1ccc2c(c1)C2. The molecule has 0 atom stereocenters. The van der Waals surface area contributed by atoms with Gasteiger partial charge in [0.25, 0.3) is 0 Å². The van der Waals surface area contributed by atoms with E-state index in [9.17, 15) is 4.79 Å². The van der Waals surface area contributed by atoms with Gasteiger partial charge in [0.2, 0.25) is 0 Å². The van der Waals surface area contributed by atoms with E-state index in [1.807, 2.05) is 0 Å². The molecule has 0 heterocycles. The van der Waals surface area contributed by atoms with Crippen LogP contribution in [0.15, 0.2) is 35.9 Å². The van der Waals surface area contributed by atoms with Crippen molar-refractivity contribution < 1.29 is 9.90 Å². The molecule has 2 nitrogen and oxygen atoms in total. The number of hydrogen-bond acceptors (Lipinski definition) is 1. The van der Waals surface area contributed by atoms with Crippen LogP contribution in [0.25, 0.3) is 0 Å². The number of carbonyl (C=O) groups is 1. The third-order valence-corrected chi connectivity index (χ3v) is 3.20. The summed E-state index contributed by atoms with van der Waals surface area (Å²) in [7, 11) is 0. The molecule has 0 aliphatic heterocycles. The van der Waals surface area contributed by atoms with Crippen molar-refractivity contribution in [2.75, 3.05) is 0 Å². The topological polar surface area (TPSA) is 37.3 Å². The highest BCUT2D eigenvalue weighted by molar-refractivity contribution is 5.80. The van der Waals surface area contributed by atoms with Crippen molar-refractivity contribution >= 4 is 5.97 Å². The van der Waals surface area contributed by atoms with Crippen LogP contribution in [-0.2, 0) is 11.2 Å². The molecule has 90 valence electrons. The number of carboxylic acid groups (broad SMARTS) is 1. The number of carboxylic acids is 1. The zero-order chi connectivity index (χ0) is 12.1. The van der Waals surface area contributed by atoms with Gasteiger partial charge in [0.1, 0.15) is 0 Å². The first-order chi connectivity index (χ1) is 8.25. The summed E-state index contributed by atoms with van der Waals surface area (Å²) in [6.45, 7) is 0. The van der Waals surface area contributed by atoms with Gasteiger partial charge >= 0.3 is 5.97 Å². The predicted octanol–water partition coefficient (Wildman–Crippen LogP) is 3.55. The highest BCUT2D eigenvalue weighted by Gasteiger charge is 2.12. The van der Waals surface area contributed by atoms with E-state index in [2.05, 4.69) is 24.3 Å². The normalized spacial score (nSPS) is 16.4. The number of benzene rings is 1. The molecule has 3 rings (SSSR count). The zero-order valence-corrected chi connectivity index (χ0v) is 9.98. The molecule has 2 heteroatoms. The van der Waals surface area contributed by atoms with Gasteiger partial charge in [-0.2, -0.15) is 0 Å². The van der Waals surface area contributed by atoms with Crippen LogP contribution in [0.5, 0.6) is 0 Å². The minimum absolute atomic E-state index is 0.795. The van der Waals surface area contributed by atoms with E-state index >= 15 is 0 Å². The van der Waals surface area contributed by atoms with E-state index in [-0.39, 0.29) is 0 Å². The average molecular weight is 230 g/mol. The Morgan fingerprint density at radius 2 is 1.65 bits per heavy atom. The Balaban J connectivity index is 0.000000134. The highest BCUT2D eigenvalue weighted by Crippen LogP contribution is 2.25. The first-order valence-electron chi connectivity index (χ1n) is 6.25. The maximum atomic E-state index is 10.2. The van der Waals surface area contributed by atoms with Gasteiger partial charge in [0.15, 0.2) is 0 Å². The summed E-state index contributed by atoms with van der Waals surface area (Å²) < 4.78 is 0. The van der Waals surface area contributed by atoms with Crippen LogP contribution in [0.1, 0.15) is 43.2 Å². The van der Waals surface area contributed by atoms with Crippen LogP contribution in [0, 0.1) is 0 Å². The Morgan fingerprint density at radius 3 is 2.12 bits per heavy atom. The van der Waals surface area contributed by atoms with Crippen LogP contribution in [-0.4, -0.2) is 11.1 Å². The van der Waals surface area contributed by atoms with Crippen LogP contribution >= 0.6 is 0 Å². The van der Waals surface area contributed by atoms with Gasteiger partial charge in [-0.1, -0.05) is 36.3 Å². The second-order valence-electron chi connectivity index (χ2n) is 4.65. The number of fused-ring (bicyclic) bond motifs is 1. The van der Waals surface area contributed by atoms with Crippen molar-refractivity contribution in [1.82, 2.24) is 0 Å². The molecule has 1 fully saturated rings. The molecule has 1 N–H and O–H groups in total. The second kappa shape index (κ2) is 5.67. The van der Waals surface area contributed by atoms with E-state index in [0.29, 0.717) is 0 Å². The Kier molecular flexibility index (Phi) is 3.97. The molecule has 2 aliphatic rings. The average Bonchev–Trinajstić information content (AvgIpc) is 3.09. The molecule has 0 saturated heterocycles. The predicted molar refractivity (Wildman–Crippen MR) is 68.1 cm³/mol. The van der Waals surface area contributed by atoms with Crippen molar-refractivity contribution in [1.29, 1.82) is 0 Å². The molecular weight excluding hydrogens is 212 g/mol. The number of aliphatic carboxylic acids is 1. The molecule has 1 saturated carbocycles. The lowest BCUT2D eigenvalue weighted by Crippen LogP contribution is -1.97. The van der Waals surface area contributed by atoms with E-state index in [1.165, 1.54) is 42.9 Å². The lowest BCUT2D eigenvalue weighted by atomic mass is 9.95. The van der Waals surface area contributed by atoms with E-state index in [4.69, 9.17) is 5.11 Å². The molecule has 0 radical (unpaired) electrons. The second-order valence-corrected chi connectivity index (χ2v) is 4.65. The van der Waals surface area contributed by atoms with E-state index in [1.54, 1.807) is 0 Å². The summed E-state index contributed by atoms with van der Waals surface area (Å²) in [5.74, 6) is -0.795. The van der Waals surface area contributed by atoms with Crippen LogP contribution in [0.3, 0.4) is 0 Å². The van der Waals surface area contributed by atoms with Crippen LogP contribution in [0.2, 0.25) is 0 Å². The number of hydrogen-bond donors (Lipinski definition) is 1. The van der Waals surface area contributed by atoms with Gasteiger partial charge in [-0.15, -0.1) is 0 Å². The quantitative estimate of drug-likeness (QED) is 0.761. The van der Waals surface area contributed by atoms with Gasteiger partial charge in [-0.25, -0.2) is 4.79 Å². The summed E-state index contributed by atoms with van der Waals surface area (Å²) in [6, 6.07) is 8.53. The summed E-state index contributed by atoms with van der Waals surface area (Å²) in [5.41, 5.74) is 4.17. The Bertz CT molecular complexity index is 403. The summed E-state index contributed by atoms with van der Waals surface area (Å²) >= 11 is 0. The fourth-order valence-corrected chi connectivity index (χ4v) is 2.16. The van der Waals surface area contributed by atoms with Gasteiger partial charge in [-0.3, -0.25) is 0 Å². The Hall–Kier alpha value is -1.57. The van der Waals surface area contributed by atoms with Crippen molar-refractivity contribution in [3.05, 3.63) is 47.0 Å². The molecule has 0 amide bonds. The molecule has 2 aliphatic carbocycles. The minimum Gasteiger partial charge on any atom is -0.478 e. The number of rotatable bonds is 1. The smallest absolute Gasteiger partial charge is 0.328 e. The van der Waals surface area contributed by atoms with Crippen molar-refractivity contribution in [2.45, 2.75) is 38.5 Å². The van der Waals surface area contributed by atoms with Crippen molar-refractivity contribution in [3.8, 4) is 0 Å². The van der Waals surface area contributed by atoms with Crippen molar-refractivity contribution in [3.63, 3.8) is 0 Å². The zero-order valence-electron chi connectivity index (χ0n) is 9.98. The maximum Gasteiger partial charge on any atom is 0.328 e. The Labute approximate surface area is 102 Å². The summed E-state index contributed by atoms with van der Waals surface area (Å²) in [6.07, 6.45) is 8.18. The molecule has 0 aromatic heterocycles. The Morgan fingerprint density at radius 1 is 1.06 bits per heavy atom. The molecule has 0 unspecified atom stereocenters. The molecule has 1 aromatic carbocycles. The van der Waals surface area contributed by atoms with Gasteiger partial charge < -0.3 is 5.11 Å². The van der Waals surface area contributed by atoms with Crippen LogP contribution < -0.4 is 0 Å². The van der Waals surface area contributed by atoms with E-state index in [0.717, 1.165) is 18.4 Å². The lowest BCUT2D eigenvalue weighted by Gasteiger charge is -2.11. The fourth-order valence-electron chi connectivity index (χ4n) is 2.16.